The first-order valence-electron chi connectivity index (χ1n) is 6.01. The molecule has 0 unspecified atom stereocenters. The van der Waals surface area contributed by atoms with Gasteiger partial charge in [0, 0.05) is 23.5 Å². The van der Waals surface area contributed by atoms with Crippen LogP contribution in [0.4, 0.5) is 4.39 Å². The molecule has 1 aromatic heterocycles. The molecule has 0 saturated heterocycles. The summed E-state index contributed by atoms with van der Waals surface area (Å²) in [6, 6.07) is 4.59. The lowest BCUT2D eigenvalue weighted by Crippen LogP contribution is -2.04. The number of hydrogen-bond acceptors (Lipinski definition) is 3. The maximum atomic E-state index is 13.6. The molecular formula is C14H13FN2O2. The van der Waals surface area contributed by atoms with Gasteiger partial charge in [0.05, 0.1) is 12.2 Å². The standard InChI is InChI=1S/C14H13FN2O2/c1-2-19-14(18)4-3-9-8-17-13-5-10(7-16)12(15)6-11(9)13/h5-6,8,17H,2-4H2,1H3. The second kappa shape index (κ2) is 5.53. The van der Waals surface area contributed by atoms with Crippen molar-refractivity contribution in [3.05, 3.63) is 35.3 Å². The lowest BCUT2D eigenvalue weighted by molar-refractivity contribution is -0.143. The Hall–Kier alpha value is -2.35. The fourth-order valence-electron chi connectivity index (χ4n) is 1.96. The summed E-state index contributed by atoms with van der Waals surface area (Å²) in [5.74, 6) is -0.821. The molecule has 0 aliphatic rings. The van der Waals surface area contributed by atoms with E-state index in [0.717, 1.165) is 5.56 Å². The van der Waals surface area contributed by atoms with E-state index in [0.29, 0.717) is 23.9 Å². The van der Waals surface area contributed by atoms with Crippen molar-refractivity contribution < 1.29 is 13.9 Å². The number of aromatic amines is 1. The molecule has 0 amide bonds. The summed E-state index contributed by atoms with van der Waals surface area (Å²) in [5.41, 5.74) is 1.54. The molecular weight excluding hydrogens is 247 g/mol. The van der Waals surface area contributed by atoms with Gasteiger partial charge in [0.2, 0.25) is 0 Å². The van der Waals surface area contributed by atoms with Crippen molar-refractivity contribution in [3.8, 4) is 6.07 Å². The number of nitrogens with one attached hydrogen (secondary N) is 1. The smallest absolute Gasteiger partial charge is 0.306 e. The summed E-state index contributed by atoms with van der Waals surface area (Å²) >= 11 is 0. The molecule has 0 saturated carbocycles. The second-order valence-electron chi connectivity index (χ2n) is 4.11. The Balaban J connectivity index is 2.23. The quantitative estimate of drug-likeness (QED) is 0.859. The minimum atomic E-state index is -0.549. The van der Waals surface area contributed by atoms with Crippen LogP contribution >= 0.6 is 0 Å². The van der Waals surface area contributed by atoms with Gasteiger partial charge < -0.3 is 9.72 Å². The predicted octanol–water partition coefficient (Wildman–Crippen LogP) is 2.67. The van der Waals surface area contributed by atoms with Crippen LogP contribution in [0, 0.1) is 17.1 Å². The fraction of sp³-hybridized carbons (Fsp3) is 0.286. The fourth-order valence-corrected chi connectivity index (χ4v) is 1.96. The second-order valence-corrected chi connectivity index (χ2v) is 4.11. The van der Waals surface area contributed by atoms with Crippen LogP contribution < -0.4 is 0 Å². The first-order valence-corrected chi connectivity index (χ1v) is 6.01. The predicted molar refractivity (Wildman–Crippen MR) is 67.9 cm³/mol. The number of ether oxygens (including phenoxy) is 1. The Kier molecular flexibility index (Phi) is 3.81. The zero-order valence-corrected chi connectivity index (χ0v) is 10.5. The molecule has 0 fully saturated rings. The van der Waals surface area contributed by atoms with E-state index in [1.54, 1.807) is 19.2 Å². The molecule has 1 aromatic carbocycles. The summed E-state index contributed by atoms with van der Waals surface area (Å²) in [4.78, 5) is 14.3. The van der Waals surface area contributed by atoms with E-state index in [2.05, 4.69) is 4.98 Å². The Bertz CT molecular complexity index is 655. The average molecular weight is 260 g/mol. The molecule has 1 heterocycles. The van der Waals surface area contributed by atoms with Crippen LogP contribution in [0.25, 0.3) is 10.9 Å². The van der Waals surface area contributed by atoms with Crippen molar-refractivity contribution in [2.45, 2.75) is 19.8 Å². The minimum Gasteiger partial charge on any atom is -0.466 e. The molecule has 0 bridgehead atoms. The van der Waals surface area contributed by atoms with Crippen molar-refractivity contribution in [2.75, 3.05) is 6.61 Å². The number of nitriles is 1. The molecule has 0 aliphatic carbocycles. The highest BCUT2D eigenvalue weighted by Gasteiger charge is 2.11. The zero-order valence-electron chi connectivity index (χ0n) is 10.5. The van der Waals surface area contributed by atoms with Gasteiger partial charge in [-0.2, -0.15) is 5.26 Å². The van der Waals surface area contributed by atoms with E-state index in [9.17, 15) is 9.18 Å². The average Bonchev–Trinajstić information content (AvgIpc) is 2.78. The molecule has 1 N–H and O–H groups in total. The number of carbonyl (C=O) groups excluding carboxylic acids is 1. The third kappa shape index (κ3) is 2.74. The van der Waals surface area contributed by atoms with E-state index in [1.807, 2.05) is 0 Å². The topological polar surface area (TPSA) is 65.9 Å². The molecule has 2 aromatic rings. The van der Waals surface area contributed by atoms with Crippen LogP contribution in [-0.4, -0.2) is 17.6 Å². The molecule has 0 spiro atoms. The van der Waals surface area contributed by atoms with Gasteiger partial charge in [0.25, 0.3) is 0 Å². The van der Waals surface area contributed by atoms with Gasteiger partial charge in [0.1, 0.15) is 11.9 Å². The van der Waals surface area contributed by atoms with Gasteiger partial charge >= 0.3 is 5.97 Å². The molecule has 5 heteroatoms. The summed E-state index contributed by atoms with van der Waals surface area (Å²) in [6.45, 7) is 2.11. The van der Waals surface area contributed by atoms with Crippen LogP contribution in [0.5, 0.6) is 0 Å². The number of aromatic nitrogens is 1. The maximum Gasteiger partial charge on any atom is 0.306 e. The first kappa shape index (κ1) is 13.1. The summed E-state index contributed by atoms with van der Waals surface area (Å²) in [7, 11) is 0. The number of halogens is 1. The van der Waals surface area contributed by atoms with E-state index in [1.165, 1.54) is 12.1 Å². The van der Waals surface area contributed by atoms with Crippen molar-refractivity contribution in [1.82, 2.24) is 4.98 Å². The van der Waals surface area contributed by atoms with Crippen LogP contribution in [0.3, 0.4) is 0 Å². The van der Waals surface area contributed by atoms with Crippen molar-refractivity contribution >= 4 is 16.9 Å². The number of fused-ring (bicyclic) bond motifs is 1. The van der Waals surface area contributed by atoms with E-state index >= 15 is 0 Å². The summed E-state index contributed by atoms with van der Waals surface area (Å²) in [6.07, 6.45) is 2.46. The highest BCUT2D eigenvalue weighted by molar-refractivity contribution is 5.85. The van der Waals surface area contributed by atoms with E-state index < -0.39 is 5.82 Å². The van der Waals surface area contributed by atoms with Crippen molar-refractivity contribution in [2.24, 2.45) is 0 Å². The number of carbonyl (C=O) groups is 1. The van der Waals surface area contributed by atoms with E-state index in [-0.39, 0.29) is 18.0 Å². The number of nitrogens with zero attached hydrogens (tertiary/aromatic N) is 1. The van der Waals surface area contributed by atoms with Gasteiger partial charge in [-0.05, 0) is 31.0 Å². The normalized spacial score (nSPS) is 10.4. The largest absolute Gasteiger partial charge is 0.466 e. The van der Waals surface area contributed by atoms with Crippen LogP contribution in [-0.2, 0) is 16.0 Å². The maximum absolute atomic E-state index is 13.6. The van der Waals surface area contributed by atoms with Crippen LogP contribution in [0.15, 0.2) is 18.3 Å². The summed E-state index contributed by atoms with van der Waals surface area (Å²) in [5, 5.41) is 9.45. The molecule has 2 rings (SSSR count). The molecule has 19 heavy (non-hydrogen) atoms. The monoisotopic (exact) mass is 260 g/mol. The summed E-state index contributed by atoms with van der Waals surface area (Å²) < 4.78 is 18.4. The van der Waals surface area contributed by atoms with Gasteiger partial charge in [-0.15, -0.1) is 0 Å². The molecule has 0 atom stereocenters. The lowest BCUT2D eigenvalue weighted by atomic mass is 10.1. The highest BCUT2D eigenvalue weighted by Crippen LogP contribution is 2.23. The Morgan fingerprint density at radius 1 is 1.53 bits per heavy atom. The molecule has 0 radical (unpaired) electrons. The molecule has 4 nitrogen and oxygen atoms in total. The number of H-pyrrole nitrogens is 1. The highest BCUT2D eigenvalue weighted by atomic mass is 19.1. The lowest BCUT2D eigenvalue weighted by Gasteiger charge is -2.01. The number of hydrogen-bond donors (Lipinski definition) is 1. The van der Waals surface area contributed by atoms with Crippen LogP contribution in [0.2, 0.25) is 0 Å². The Morgan fingerprint density at radius 2 is 2.32 bits per heavy atom. The minimum absolute atomic E-state index is 0.00583. The third-order valence-corrected chi connectivity index (χ3v) is 2.88. The first-order chi connectivity index (χ1) is 9.15. The number of aryl methyl sites for hydroxylation is 1. The molecule has 98 valence electrons. The SMILES string of the molecule is CCOC(=O)CCc1c[nH]c2cc(C#N)c(F)cc12. The number of rotatable bonds is 4. The van der Waals surface area contributed by atoms with Gasteiger partial charge in [-0.1, -0.05) is 0 Å². The van der Waals surface area contributed by atoms with Gasteiger partial charge in [0.15, 0.2) is 0 Å². The third-order valence-electron chi connectivity index (χ3n) is 2.88. The number of esters is 1. The zero-order chi connectivity index (χ0) is 13.8. The van der Waals surface area contributed by atoms with Crippen molar-refractivity contribution in [3.63, 3.8) is 0 Å². The van der Waals surface area contributed by atoms with Crippen molar-refractivity contribution in [1.29, 1.82) is 5.26 Å². The van der Waals surface area contributed by atoms with Gasteiger partial charge in [-0.25, -0.2) is 4.39 Å². The van der Waals surface area contributed by atoms with E-state index in [4.69, 9.17) is 10.00 Å². The Labute approximate surface area is 109 Å². The van der Waals surface area contributed by atoms with Crippen LogP contribution in [0.1, 0.15) is 24.5 Å². The number of benzene rings is 1. The molecule has 0 aliphatic heterocycles. The Morgan fingerprint density at radius 3 is 3.00 bits per heavy atom. The van der Waals surface area contributed by atoms with Gasteiger partial charge in [-0.3, -0.25) is 4.79 Å².